The monoisotopic (exact) mass is 305 g/mol. The van der Waals surface area contributed by atoms with Gasteiger partial charge < -0.3 is 4.90 Å². The highest BCUT2D eigenvalue weighted by molar-refractivity contribution is 6.33. The van der Waals surface area contributed by atoms with Crippen LogP contribution in [0.4, 0.5) is 0 Å². The molecular weight excluding hydrogens is 286 g/mol. The highest BCUT2D eigenvalue weighted by Crippen LogP contribution is 2.19. The minimum absolute atomic E-state index is 0.0658. The average molecular weight is 306 g/mol. The van der Waals surface area contributed by atoms with Crippen LogP contribution in [0.2, 0.25) is 5.02 Å². The molecule has 1 aromatic carbocycles. The first-order valence-electron chi connectivity index (χ1n) is 6.94. The Hall–Kier alpha value is -1.81. The highest BCUT2D eigenvalue weighted by atomic mass is 35.5. The van der Waals surface area contributed by atoms with Crippen LogP contribution < -0.4 is 0 Å². The summed E-state index contributed by atoms with van der Waals surface area (Å²) >= 11 is 6.09. The molecule has 0 atom stereocenters. The van der Waals surface area contributed by atoms with Crippen LogP contribution in [0, 0.1) is 6.92 Å². The number of carbonyl (C=O) groups is 1. The zero-order valence-electron chi connectivity index (χ0n) is 12.8. The van der Waals surface area contributed by atoms with Crippen molar-refractivity contribution in [3.05, 3.63) is 52.3 Å². The summed E-state index contributed by atoms with van der Waals surface area (Å²) in [6, 6.07) is 8.22. The largest absolute Gasteiger partial charge is 0.330 e. The van der Waals surface area contributed by atoms with Crippen LogP contribution in [0.5, 0.6) is 0 Å². The lowest BCUT2D eigenvalue weighted by atomic mass is 10.1. The molecule has 0 bridgehead atoms. The van der Waals surface area contributed by atoms with E-state index in [0.717, 1.165) is 5.56 Å². The molecule has 0 N–H and O–H groups in total. The van der Waals surface area contributed by atoms with Gasteiger partial charge in [-0.05, 0) is 26.3 Å². The van der Waals surface area contributed by atoms with Crippen molar-refractivity contribution in [2.24, 2.45) is 7.05 Å². The molecule has 1 amide bonds. The fourth-order valence-corrected chi connectivity index (χ4v) is 2.50. The van der Waals surface area contributed by atoms with E-state index >= 15 is 0 Å². The maximum Gasteiger partial charge on any atom is 0.276 e. The average Bonchev–Trinajstić information content (AvgIpc) is 2.74. The molecule has 2 aromatic rings. The normalized spacial score (nSPS) is 11.0. The number of benzene rings is 1. The van der Waals surface area contributed by atoms with Gasteiger partial charge >= 0.3 is 0 Å². The third-order valence-corrected chi connectivity index (χ3v) is 3.58. The first kappa shape index (κ1) is 15.6. The Labute approximate surface area is 130 Å². The molecule has 0 radical (unpaired) electrons. The third-order valence-electron chi connectivity index (χ3n) is 3.31. The van der Waals surface area contributed by atoms with E-state index in [1.807, 2.05) is 39.0 Å². The molecule has 0 aliphatic carbocycles. The van der Waals surface area contributed by atoms with Gasteiger partial charge in [0.05, 0.1) is 5.02 Å². The van der Waals surface area contributed by atoms with Gasteiger partial charge in [-0.25, -0.2) is 0 Å². The molecule has 112 valence electrons. The summed E-state index contributed by atoms with van der Waals surface area (Å²) in [5, 5.41) is 4.55. The number of hydrogen-bond acceptors (Lipinski definition) is 2. The molecular formula is C16H20ClN3O. The van der Waals surface area contributed by atoms with Crippen LogP contribution in [-0.4, -0.2) is 26.6 Å². The third kappa shape index (κ3) is 3.64. The van der Waals surface area contributed by atoms with E-state index in [4.69, 9.17) is 11.6 Å². The molecule has 21 heavy (non-hydrogen) atoms. The van der Waals surface area contributed by atoms with E-state index in [9.17, 15) is 4.79 Å². The quantitative estimate of drug-likeness (QED) is 0.868. The van der Waals surface area contributed by atoms with Crippen LogP contribution in [0.25, 0.3) is 0 Å². The van der Waals surface area contributed by atoms with Gasteiger partial charge in [0.2, 0.25) is 0 Å². The number of carbonyl (C=O) groups excluding carboxylic acids is 1. The van der Waals surface area contributed by atoms with Crippen molar-refractivity contribution in [3.8, 4) is 0 Å². The summed E-state index contributed by atoms with van der Waals surface area (Å²) in [5.74, 6) is -0.142. The summed E-state index contributed by atoms with van der Waals surface area (Å²) in [4.78, 5) is 14.5. The molecule has 0 unspecified atom stereocenters. The Bertz CT molecular complexity index is 649. The van der Waals surface area contributed by atoms with Crippen LogP contribution in [0.1, 0.15) is 35.5 Å². The van der Waals surface area contributed by atoms with Crippen molar-refractivity contribution in [3.63, 3.8) is 0 Å². The summed E-state index contributed by atoms with van der Waals surface area (Å²) in [5.41, 5.74) is 2.59. The highest BCUT2D eigenvalue weighted by Gasteiger charge is 2.24. The summed E-state index contributed by atoms with van der Waals surface area (Å²) in [6.45, 7) is 6.57. The van der Waals surface area contributed by atoms with Crippen LogP contribution in [0.3, 0.4) is 0 Å². The second-order valence-corrected chi connectivity index (χ2v) is 5.92. The fourth-order valence-electron chi connectivity index (χ4n) is 2.24. The van der Waals surface area contributed by atoms with Gasteiger partial charge in [-0.2, -0.15) is 5.10 Å². The van der Waals surface area contributed by atoms with Gasteiger partial charge in [0.15, 0.2) is 5.69 Å². The van der Waals surface area contributed by atoms with Gasteiger partial charge in [-0.3, -0.25) is 9.48 Å². The SMILES string of the molecule is Cc1cccc(CN(C(=O)c2nn(C)cc2Cl)C(C)C)c1. The molecule has 5 heteroatoms. The summed E-state index contributed by atoms with van der Waals surface area (Å²) in [6.07, 6.45) is 1.64. The van der Waals surface area contributed by atoms with E-state index < -0.39 is 0 Å². The molecule has 1 heterocycles. The Balaban J connectivity index is 2.27. The number of nitrogens with zero attached hydrogens (tertiary/aromatic N) is 3. The zero-order chi connectivity index (χ0) is 15.6. The molecule has 0 spiro atoms. The van der Waals surface area contributed by atoms with Gasteiger partial charge in [0.25, 0.3) is 5.91 Å². The predicted octanol–water partition coefficient (Wildman–Crippen LogP) is 3.43. The molecule has 0 aliphatic heterocycles. The number of amides is 1. The predicted molar refractivity (Wildman–Crippen MR) is 84.4 cm³/mol. The van der Waals surface area contributed by atoms with Gasteiger partial charge in [0.1, 0.15) is 0 Å². The van der Waals surface area contributed by atoms with Crippen LogP contribution in [-0.2, 0) is 13.6 Å². The minimum Gasteiger partial charge on any atom is -0.330 e. The lowest BCUT2D eigenvalue weighted by Gasteiger charge is -2.26. The number of aromatic nitrogens is 2. The van der Waals surface area contributed by atoms with Gasteiger partial charge in [0, 0.05) is 25.8 Å². The Morgan fingerprint density at radius 1 is 1.43 bits per heavy atom. The smallest absolute Gasteiger partial charge is 0.276 e. The summed E-state index contributed by atoms with van der Waals surface area (Å²) < 4.78 is 1.56. The van der Waals surface area contributed by atoms with E-state index in [0.29, 0.717) is 17.3 Å². The van der Waals surface area contributed by atoms with E-state index in [1.54, 1.807) is 22.8 Å². The fraction of sp³-hybridized carbons (Fsp3) is 0.375. The lowest BCUT2D eigenvalue weighted by molar-refractivity contribution is 0.0683. The van der Waals surface area contributed by atoms with E-state index in [1.165, 1.54) is 5.56 Å². The molecule has 0 saturated heterocycles. The molecule has 4 nitrogen and oxygen atoms in total. The number of halogens is 1. The first-order valence-corrected chi connectivity index (χ1v) is 7.32. The second-order valence-electron chi connectivity index (χ2n) is 5.52. The maximum absolute atomic E-state index is 12.7. The van der Waals surface area contributed by atoms with Crippen molar-refractivity contribution in [2.45, 2.75) is 33.4 Å². The number of rotatable bonds is 4. The summed E-state index contributed by atoms with van der Waals surface area (Å²) in [7, 11) is 1.75. The van der Waals surface area contributed by atoms with Crippen molar-refractivity contribution < 1.29 is 4.79 Å². The number of aryl methyl sites for hydroxylation is 2. The van der Waals surface area contributed by atoms with Crippen molar-refractivity contribution in [2.75, 3.05) is 0 Å². The Morgan fingerprint density at radius 3 is 2.67 bits per heavy atom. The van der Waals surface area contributed by atoms with Crippen LogP contribution in [0.15, 0.2) is 30.5 Å². The van der Waals surface area contributed by atoms with Crippen molar-refractivity contribution in [1.82, 2.24) is 14.7 Å². The lowest BCUT2D eigenvalue weighted by Crippen LogP contribution is -2.36. The first-order chi connectivity index (χ1) is 9.88. The van der Waals surface area contributed by atoms with Crippen LogP contribution >= 0.6 is 11.6 Å². The Kier molecular flexibility index (Phi) is 4.68. The van der Waals surface area contributed by atoms with Gasteiger partial charge in [-0.15, -0.1) is 0 Å². The van der Waals surface area contributed by atoms with Crippen molar-refractivity contribution in [1.29, 1.82) is 0 Å². The number of hydrogen-bond donors (Lipinski definition) is 0. The standard InChI is InChI=1S/C16H20ClN3O/c1-11(2)20(9-13-7-5-6-12(3)8-13)16(21)15-14(17)10-19(4)18-15/h5-8,10-11H,9H2,1-4H3. The topological polar surface area (TPSA) is 38.1 Å². The molecule has 0 fully saturated rings. The van der Waals surface area contributed by atoms with Gasteiger partial charge in [-0.1, -0.05) is 41.4 Å². The zero-order valence-corrected chi connectivity index (χ0v) is 13.6. The molecule has 2 rings (SSSR count). The minimum atomic E-state index is -0.142. The maximum atomic E-state index is 12.7. The molecule has 0 aliphatic rings. The van der Waals surface area contributed by atoms with E-state index in [2.05, 4.69) is 11.2 Å². The van der Waals surface area contributed by atoms with E-state index in [-0.39, 0.29) is 11.9 Å². The Morgan fingerprint density at radius 2 is 2.14 bits per heavy atom. The molecule has 1 aromatic heterocycles. The van der Waals surface area contributed by atoms with Crippen molar-refractivity contribution >= 4 is 17.5 Å². The molecule has 0 saturated carbocycles. The second kappa shape index (κ2) is 6.31.